The standard InChI is InChI=1S/C14H17IN2O5/c1-22-14(21)11(6-8-4-2-3-5-9(8)15)17-12(18)7-10(16)13(19)20/h2-5,10-11H,6-7,16H2,1H3,(H,17,18)(H,19,20)/t10-,11-/m0/s1. The lowest BCUT2D eigenvalue weighted by atomic mass is 10.1. The Kier molecular flexibility index (Phi) is 7.25. The molecule has 0 heterocycles. The van der Waals surface area contributed by atoms with Crippen LogP contribution in [0.25, 0.3) is 0 Å². The number of methoxy groups -OCH3 is 1. The molecule has 0 unspecified atom stereocenters. The Hall–Kier alpha value is -1.68. The van der Waals surface area contributed by atoms with E-state index in [9.17, 15) is 14.4 Å². The predicted molar refractivity (Wildman–Crippen MR) is 87.0 cm³/mol. The number of ether oxygens (including phenoxy) is 1. The highest BCUT2D eigenvalue weighted by molar-refractivity contribution is 14.1. The fourth-order valence-corrected chi connectivity index (χ4v) is 2.37. The molecule has 2 atom stereocenters. The number of hydrogen-bond donors (Lipinski definition) is 3. The van der Waals surface area contributed by atoms with E-state index in [0.717, 1.165) is 9.13 Å². The number of carbonyl (C=O) groups excluding carboxylic acids is 2. The second-order valence-electron chi connectivity index (χ2n) is 4.59. The van der Waals surface area contributed by atoms with Gasteiger partial charge in [-0.05, 0) is 34.2 Å². The van der Waals surface area contributed by atoms with Crippen LogP contribution in [0.3, 0.4) is 0 Å². The number of hydrogen-bond acceptors (Lipinski definition) is 5. The highest BCUT2D eigenvalue weighted by Gasteiger charge is 2.25. The maximum absolute atomic E-state index is 11.8. The molecule has 0 radical (unpaired) electrons. The minimum absolute atomic E-state index is 0.250. The molecule has 0 aromatic heterocycles. The Balaban J connectivity index is 2.77. The van der Waals surface area contributed by atoms with Crippen LogP contribution in [0.5, 0.6) is 0 Å². The lowest BCUT2D eigenvalue weighted by Crippen LogP contribution is -2.46. The van der Waals surface area contributed by atoms with Gasteiger partial charge in [-0.25, -0.2) is 4.79 Å². The summed E-state index contributed by atoms with van der Waals surface area (Å²) in [6.45, 7) is 0. The maximum Gasteiger partial charge on any atom is 0.328 e. The molecule has 0 saturated carbocycles. The van der Waals surface area contributed by atoms with Crippen molar-refractivity contribution in [2.24, 2.45) is 5.73 Å². The molecule has 0 aliphatic rings. The number of aliphatic carboxylic acids is 1. The molecule has 7 nitrogen and oxygen atoms in total. The summed E-state index contributed by atoms with van der Waals surface area (Å²) in [5, 5.41) is 11.2. The van der Waals surface area contributed by atoms with Crippen LogP contribution in [0.4, 0.5) is 0 Å². The van der Waals surface area contributed by atoms with Crippen molar-refractivity contribution in [2.75, 3.05) is 7.11 Å². The zero-order chi connectivity index (χ0) is 16.7. The van der Waals surface area contributed by atoms with Crippen molar-refractivity contribution in [3.63, 3.8) is 0 Å². The average Bonchev–Trinajstić information content (AvgIpc) is 2.47. The minimum atomic E-state index is -1.31. The summed E-state index contributed by atoms with van der Waals surface area (Å²) in [5.74, 6) is -2.49. The summed E-state index contributed by atoms with van der Waals surface area (Å²) >= 11 is 2.13. The molecule has 0 aliphatic carbocycles. The van der Waals surface area contributed by atoms with Gasteiger partial charge < -0.3 is 20.9 Å². The number of rotatable bonds is 7. The third-order valence-electron chi connectivity index (χ3n) is 2.93. The van der Waals surface area contributed by atoms with E-state index in [-0.39, 0.29) is 6.42 Å². The van der Waals surface area contributed by atoms with E-state index < -0.39 is 36.4 Å². The van der Waals surface area contributed by atoms with Gasteiger partial charge in [0.05, 0.1) is 13.5 Å². The van der Waals surface area contributed by atoms with Gasteiger partial charge in [0.25, 0.3) is 0 Å². The monoisotopic (exact) mass is 420 g/mol. The summed E-state index contributed by atoms with van der Waals surface area (Å²) in [5.41, 5.74) is 6.18. The maximum atomic E-state index is 11.8. The van der Waals surface area contributed by atoms with Crippen molar-refractivity contribution in [1.82, 2.24) is 5.32 Å². The fraction of sp³-hybridized carbons (Fsp3) is 0.357. The van der Waals surface area contributed by atoms with Crippen LogP contribution in [-0.2, 0) is 25.5 Å². The SMILES string of the molecule is COC(=O)[C@H](Cc1ccccc1I)NC(=O)C[C@H](N)C(=O)O. The van der Waals surface area contributed by atoms with E-state index in [1.165, 1.54) is 7.11 Å². The number of carboxylic acids is 1. The molecule has 0 spiro atoms. The molecular weight excluding hydrogens is 403 g/mol. The second kappa shape index (κ2) is 8.69. The smallest absolute Gasteiger partial charge is 0.328 e. The summed E-state index contributed by atoms with van der Waals surface area (Å²) < 4.78 is 5.62. The molecule has 1 aromatic rings. The molecule has 4 N–H and O–H groups in total. The number of esters is 1. The summed E-state index contributed by atoms with van der Waals surface area (Å²) in [6, 6.07) is 5.21. The van der Waals surface area contributed by atoms with Crippen LogP contribution >= 0.6 is 22.6 Å². The summed E-state index contributed by atoms with van der Waals surface area (Å²) in [4.78, 5) is 34.2. The third-order valence-corrected chi connectivity index (χ3v) is 3.98. The molecule has 1 rings (SSSR count). The van der Waals surface area contributed by atoms with Gasteiger partial charge >= 0.3 is 11.9 Å². The number of carboxylic acid groups (broad SMARTS) is 1. The number of halogens is 1. The highest BCUT2D eigenvalue weighted by atomic mass is 127. The van der Waals surface area contributed by atoms with Gasteiger partial charge in [0.15, 0.2) is 0 Å². The van der Waals surface area contributed by atoms with Gasteiger partial charge in [-0.2, -0.15) is 0 Å². The van der Waals surface area contributed by atoms with E-state index in [0.29, 0.717) is 0 Å². The average molecular weight is 420 g/mol. The van der Waals surface area contributed by atoms with Crippen molar-refractivity contribution in [3.8, 4) is 0 Å². The lowest BCUT2D eigenvalue weighted by Gasteiger charge is -2.18. The Labute approximate surface area is 141 Å². The molecule has 22 heavy (non-hydrogen) atoms. The van der Waals surface area contributed by atoms with Gasteiger partial charge in [-0.3, -0.25) is 9.59 Å². The number of nitrogens with two attached hydrogens (primary N) is 1. The third kappa shape index (κ3) is 5.60. The van der Waals surface area contributed by atoms with Crippen LogP contribution in [0.15, 0.2) is 24.3 Å². The van der Waals surface area contributed by atoms with Crippen LogP contribution in [-0.4, -0.2) is 42.1 Å². The van der Waals surface area contributed by atoms with Gasteiger partial charge in [0.1, 0.15) is 12.1 Å². The minimum Gasteiger partial charge on any atom is -0.480 e. The number of benzene rings is 1. The van der Waals surface area contributed by atoms with Crippen LogP contribution < -0.4 is 11.1 Å². The quantitative estimate of drug-likeness (QED) is 0.431. The zero-order valence-electron chi connectivity index (χ0n) is 11.9. The Bertz CT molecular complexity index is 564. The lowest BCUT2D eigenvalue weighted by molar-refractivity contribution is -0.145. The molecule has 8 heteroatoms. The highest BCUT2D eigenvalue weighted by Crippen LogP contribution is 2.14. The number of carbonyl (C=O) groups is 3. The van der Waals surface area contributed by atoms with E-state index in [1.807, 2.05) is 24.3 Å². The van der Waals surface area contributed by atoms with Crippen LogP contribution in [0.1, 0.15) is 12.0 Å². The van der Waals surface area contributed by atoms with Crippen molar-refractivity contribution in [2.45, 2.75) is 24.9 Å². The van der Waals surface area contributed by atoms with Crippen molar-refractivity contribution in [3.05, 3.63) is 33.4 Å². The predicted octanol–water partition coefficient (Wildman–Crippen LogP) is 0.294. The van der Waals surface area contributed by atoms with Crippen molar-refractivity contribution < 1.29 is 24.2 Å². The van der Waals surface area contributed by atoms with E-state index in [2.05, 4.69) is 32.6 Å². The van der Waals surface area contributed by atoms with Crippen molar-refractivity contribution in [1.29, 1.82) is 0 Å². The van der Waals surface area contributed by atoms with Crippen LogP contribution in [0.2, 0.25) is 0 Å². The molecule has 0 saturated heterocycles. The summed E-state index contributed by atoms with van der Waals surface area (Å²) in [6.07, 6.45) is -0.158. The van der Waals surface area contributed by atoms with Gasteiger partial charge in [0.2, 0.25) is 5.91 Å². The molecule has 0 aliphatic heterocycles. The first-order valence-corrected chi connectivity index (χ1v) is 7.52. The Morgan fingerprint density at radius 2 is 2.00 bits per heavy atom. The fourth-order valence-electron chi connectivity index (χ4n) is 1.76. The molecular formula is C14H17IN2O5. The largest absolute Gasteiger partial charge is 0.480 e. The van der Waals surface area contributed by atoms with E-state index >= 15 is 0 Å². The zero-order valence-corrected chi connectivity index (χ0v) is 14.1. The first-order valence-electron chi connectivity index (χ1n) is 6.44. The number of amides is 1. The first kappa shape index (κ1) is 18.4. The summed E-state index contributed by atoms with van der Waals surface area (Å²) in [7, 11) is 1.22. The molecule has 120 valence electrons. The normalized spacial score (nSPS) is 13.0. The van der Waals surface area contributed by atoms with Gasteiger partial charge in [0, 0.05) is 9.99 Å². The topological polar surface area (TPSA) is 119 Å². The van der Waals surface area contributed by atoms with Gasteiger partial charge in [-0.15, -0.1) is 0 Å². The Morgan fingerprint density at radius 3 is 2.55 bits per heavy atom. The molecule has 1 amide bonds. The molecule has 0 fully saturated rings. The Morgan fingerprint density at radius 1 is 1.36 bits per heavy atom. The van der Waals surface area contributed by atoms with Crippen LogP contribution in [0, 0.1) is 3.57 Å². The molecule has 0 bridgehead atoms. The first-order chi connectivity index (χ1) is 10.3. The van der Waals surface area contributed by atoms with Crippen molar-refractivity contribution >= 4 is 40.4 Å². The van der Waals surface area contributed by atoms with Gasteiger partial charge in [-0.1, -0.05) is 18.2 Å². The number of nitrogens with one attached hydrogen (secondary N) is 1. The molecule has 1 aromatic carbocycles. The van der Waals surface area contributed by atoms with E-state index in [4.69, 9.17) is 10.8 Å². The van der Waals surface area contributed by atoms with E-state index in [1.54, 1.807) is 0 Å². The second-order valence-corrected chi connectivity index (χ2v) is 5.75.